The van der Waals surface area contributed by atoms with Gasteiger partial charge in [-0.25, -0.2) is 0 Å². The molecule has 2 N–H and O–H groups in total. The van der Waals surface area contributed by atoms with Crippen LogP contribution < -0.4 is 5.73 Å². The first-order valence-corrected chi connectivity index (χ1v) is 6.81. The molecule has 0 aromatic heterocycles. The van der Waals surface area contributed by atoms with Gasteiger partial charge in [-0.3, -0.25) is 4.79 Å². The van der Waals surface area contributed by atoms with Gasteiger partial charge in [-0.1, -0.05) is 30.3 Å². The van der Waals surface area contributed by atoms with Crippen LogP contribution in [0.15, 0.2) is 30.3 Å². The molecule has 0 bridgehead atoms. The number of carbonyl (C=O) groups is 1. The predicted molar refractivity (Wildman–Crippen MR) is 74.8 cm³/mol. The largest absolute Gasteiger partial charge is 0.469 e. The Kier molecular flexibility index (Phi) is 4.93. The number of piperidine rings is 1. The van der Waals surface area contributed by atoms with Gasteiger partial charge < -0.3 is 15.4 Å². The second kappa shape index (κ2) is 6.68. The van der Waals surface area contributed by atoms with Crippen LogP contribution in [-0.2, 0) is 9.53 Å². The van der Waals surface area contributed by atoms with Crippen LogP contribution in [-0.4, -0.2) is 43.7 Å². The highest BCUT2D eigenvalue weighted by atomic mass is 16.5. The fourth-order valence-corrected chi connectivity index (χ4v) is 2.66. The van der Waals surface area contributed by atoms with Crippen LogP contribution in [0.2, 0.25) is 0 Å². The van der Waals surface area contributed by atoms with Gasteiger partial charge in [0.15, 0.2) is 0 Å². The summed E-state index contributed by atoms with van der Waals surface area (Å²) < 4.78 is 4.94. The molecule has 1 aromatic rings. The van der Waals surface area contributed by atoms with Crippen molar-refractivity contribution in [1.82, 2.24) is 4.90 Å². The molecule has 1 aromatic carbocycles. The minimum Gasteiger partial charge on any atom is -0.469 e. The number of carbonyl (C=O) groups excluding carboxylic acids is 1. The summed E-state index contributed by atoms with van der Waals surface area (Å²) in [5, 5.41) is 0. The maximum Gasteiger partial charge on any atom is 0.314 e. The lowest BCUT2D eigenvalue weighted by Crippen LogP contribution is -2.45. The number of hydrogen-bond acceptors (Lipinski definition) is 4. The average Bonchev–Trinajstić information content (AvgIpc) is 2.45. The maximum atomic E-state index is 12.0. The van der Waals surface area contributed by atoms with Gasteiger partial charge in [-0.2, -0.15) is 0 Å². The van der Waals surface area contributed by atoms with Crippen LogP contribution in [0.1, 0.15) is 24.3 Å². The monoisotopic (exact) mass is 262 g/mol. The van der Waals surface area contributed by atoms with E-state index in [2.05, 4.69) is 4.90 Å². The zero-order valence-electron chi connectivity index (χ0n) is 11.4. The van der Waals surface area contributed by atoms with Crippen molar-refractivity contribution in [2.75, 3.05) is 26.7 Å². The number of esters is 1. The Morgan fingerprint density at radius 2 is 2.21 bits per heavy atom. The van der Waals surface area contributed by atoms with Crippen molar-refractivity contribution in [2.45, 2.75) is 24.8 Å². The summed E-state index contributed by atoms with van der Waals surface area (Å²) in [6, 6.07) is 10.0. The lowest BCUT2D eigenvalue weighted by molar-refractivity contribution is -0.143. The van der Waals surface area contributed by atoms with E-state index in [4.69, 9.17) is 10.5 Å². The van der Waals surface area contributed by atoms with E-state index in [1.807, 2.05) is 30.3 Å². The molecule has 4 nitrogen and oxygen atoms in total. The van der Waals surface area contributed by atoms with Crippen LogP contribution in [0.5, 0.6) is 0 Å². The summed E-state index contributed by atoms with van der Waals surface area (Å²) >= 11 is 0. The van der Waals surface area contributed by atoms with E-state index >= 15 is 0 Å². The highest BCUT2D eigenvalue weighted by molar-refractivity contribution is 5.78. The van der Waals surface area contributed by atoms with E-state index < -0.39 is 0 Å². The Labute approximate surface area is 114 Å². The van der Waals surface area contributed by atoms with Crippen LogP contribution in [0.4, 0.5) is 0 Å². The highest BCUT2D eigenvalue weighted by Gasteiger charge is 2.26. The zero-order valence-corrected chi connectivity index (χ0v) is 11.4. The molecule has 0 aliphatic carbocycles. The third kappa shape index (κ3) is 3.78. The van der Waals surface area contributed by atoms with E-state index in [1.165, 1.54) is 7.11 Å². The minimum atomic E-state index is -0.225. The van der Waals surface area contributed by atoms with E-state index in [0.29, 0.717) is 6.54 Å². The van der Waals surface area contributed by atoms with Crippen LogP contribution in [0.3, 0.4) is 0 Å². The lowest BCUT2D eigenvalue weighted by atomic mass is 9.97. The molecule has 2 rings (SSSR count). The van der Waals surface area contributed by atoms with E-state index in [9.17, 15) is 4.79 Å². The molecule has 104 valence electrons. The van der Waals surface area contributed by atoms with Crippen molar-refractivity contribution in [2.24, 2.45) is 5.73 Å². The van der Waals surface area contributed by atoms with Crippen molar-refractivity contribution in [3.05, 3.63) is 35.9 Å². The predicted octanol–water partition coefficient (Wildman–Crippen LogP) is 1.37. The molecule has 0 amide bonds. The smallest absolute Gasteiger partial charge is 0.314 e. The topological polar surface area (TPSA) is 55.6 Å². The number of benzene rings is 1. The fourth-order valence-electron chi connectivity index (χ4n) is 2.66. The second-order valence-electron chi connectivity index (χ2n) is 5.15. The van der Waals surface area contributed by atoms with Crippen molar-refractivity contribution in [3.8, 4) is 0 Å². The normalized spacial score (nSPS) is 21.9. The average molecular weight is 262 g/mol. The van der Waals surface area contributed by atoms with Gasteiger partial charge in [0.25, 0.3) is 0 Å². The molecule has 2 unspecified atom stereocenters. The molecule has 1 aliphatic heterocycles. The van der Waals surface area contributed by atoms with Crippen molar-refractivity contribution < 1.29 is 9.53 Å². The van der Waals surface area contributed by atoms with Crippen LogP contribution in [0.25, 0.3) is 0 Å². The number of likely N-dealkylation sites (tertiary alicyclic amines) is 1. The first-order valence-electron chi connectivity index (χ1n) is 6.81. The fraction of sp³-hybridized carbons (Fsp3) is 0.533. The van der Waals surface area contributed by atoms with Crippen LogP contribution in [0, 0.1) is 0 Å². The van der Waals surface area contributed by atoms with E-state index in [0.717, 1.165) is 31.5 Å². The number of nitrogens with two attached hydrogens (primary N) is 1. The van der Waals surface area contributed by atoms with Crippen molar-refractivity contribution in [1.29, 1.82) is 0 Å². The summed E-state index contributed by atoms with van der Waals surface area (Å²) in [5.74, 6) is -0.401. The lowest BCUT2D eigenvalue weighted by Gasteiger charge is -2.32. The highest BCUT2D eigenvalue weighted by Crippen LogP contribution is 2.20. The van der Waals surface area contributed by atoms with Gasteiger partial charge in [0.05, 0.1) is 13.0 Å². The first kappa shape index (κ1) is 14.0. The third-order valence-electron chi connectivity index (χ3n) is 3.67. The number of ether oxygens (including phenoxy) is 1. The van der Waals surface area contributed by atoms with Gasteiger partial charge in [0.1, 0.15) is 0 Å². The molecule has 19 heavy (non-hydrogen) atoms. The van der Waals surface area contributed by atoms with Gasteiger partial charge in [-0.05, 0) is 24.9 Å². The van der Waals surface area contributed by atoms with Gasteiger partial charge in [0.2, 0.25) is 0 Å². The molecule has 1 saturated heterocycles. The third-order valence-corrected chi connectivity index (χ3v) is 3.67. The SMILES string of the molecule is COC(=O)C(CN1CCCC(N)C1)c1ccccc1. The van der Waals surface area contributed by atoms with Crippen molar-refractivity contribution >= 4 is 5.97 Å². The Balaban J connectivity index is 2.08. The molecule has 2 atom stereocenters. The summed E-state index contributed by atoms with van der Waals surface area (Å²) in [5.41, 5.74) is 7.00. The Morgan fingerprint density at radius 3 is 2.84 bits per heavy atom. The van der Waals surface area contributed by atoms with Gasteiger partial charge >= 0.3 is 5.97 Å². The summed E-state index contributed by atoms with van der Waals surface area (Å²) in [4.78, 5) is 14.3. The quantitative estimate of drug-likeness (QED) is 0.833. The molecule has 0 saturated carbocycles. The molecular formula is C15H22N2O2. The second-order valence-corrected chi connectivity index (χ2v) is 5.15. The molecule has 0 spiro atoms. The Bertz CT molecular complexity index is 408. The standard InChI is InChI=1S/C15H22N2O2/c1-19-15(18)14(12-6-3-2-4-7-12)11-17-9-5-8-13(16)10-17/h2-4,6-7,13-14H,5,8-11,16H2,1H3. The van der Waals surface area contributed by atoms with Crippen molar-refractivity contribution in [3.63, 3.8) is 0 Å². The Hall–Kier alpha value is -1.39. The Morgan fingerprint density at radius 1 is 1.47 bits per heavy atom. The molecular weight excluding hydrogens is 240 g/mol. The summed E-state index contributed by atoms with van der Waals surface area (Å²) in [7, 11) is 1.44. The molecule has 0 radical (unpaired) electrons. The summed E-state index contributed by atoms with van der Waals surface area (Å²) in [6.07, 6.45) is 2.18. The van der Waals surface area contributed by atoms with Gasteiger partial charge in [0, 0.05) is 19.1 Å². The maximum absolute atomic E-state index is 12.0. The van der Waals surface area contributed by atoms with Gasteiger partial charge in [-0.15, -0.1) is 0 Å². The number of methoxy groups -OCH3 is 1. The number of rotatable bonds is 4. The van der Waals surface area contributed by atoms with E-state index in [-0.39, 0.29) is 17.9 Å². The molecule has 1 aliphatic rings. The molecule has 1 fully saturated rings. The first-order chi connectivity index (χ1) is 9.20. The van der Waals surface area contributed by atoms with Crippen LogP contribution >= 0.6 is 0 Å². The number of hydrogen-bond donors (Lipinski definition) is 1. The zero-order chi connectivity index (χ0) is 13.7. The molecule has 1 heterocycles. The minimum absolute atomic E-state index is 0.176. The molecule has 4 heteroatoms. The number of nitrogens with zero attached hydrogens (tertiary/aromatic N) is 1. The summed E-state index contributed by atoms with van der Waals surface area (Å²) in [6.45, 7) is 2.55. The van der Waals surface area contributed by atoms with E-state index in [1.54, 1.807) is 0 Å².